The number of hydrogen-bond acceptors (Lipinski definition) is 3. The number of para-hydroxylation sites is 1. The minimum Gasteiger partial charge on any atom is -0.396 e. The third-order valence-corrected chi connectivity index (χ3v) is 3.55. The summed E-state index contributed by atoms with van der Waals surface area (Å²) in [5, 5.41) is 12.2. The molecule has 0 radical (unpaired) electrons. The number of carbonyl (C=O) groups excluding carboxylic acids is 1. The van der Waals surface area contributed by atoms with E-state index in [1.165, 1.54) is 6.20 Å². The van der Waals surface area contributed by atoms with Crippen molar-refractivity contribution < 1.29 is 9.90 Å². The molecule has 1 amide bonds. The second-order valence-electron chi connectivity index (χ2n) is 5.90. The van der Waals surface area contributed by atoms with Gasteiger partial charge in [0.1, 0.15) is 5.56 Å². The third-order valence-electron chi connectivity index (χ3n) is 3.55. The predicted molar refractivity (Wildman–Crippen MR) is 82.4 cm³/mol. The van der Waals surface area contributed by atoms with Gasteiger partial charge in [0.25, 0.3) is 5.91 Å². The number of fused-ring (bicyclic) bond motifs is 1. The lowest BCUT2D eigenvalue weighted by Gasteiger charge is -2.23. The number of rotatable bonds is 5. The standard InChI is InChI=1S/C16H20N2O3/c1-16(2,7-8-19)10-18-15(21)12-9-17-13-6-4-3-5-11(13)14(12)20/h3-6,9,19H,7-8,10H2,1-2H3,(H,17,20)(H,18,21). The zero-order valence-electron chi connectivity index (χ0n) is 12.3. The minimum absolute atomic E-state index is 0.0689. The zero-order chi connectivity index (χ0) is 15.5. The number of nitrogens with one attached hydrogen (secondary N) is 2. The van der Waals surface area contributed by atoms with Crippen molar-refractivity contribution in [1.29, 1.82) is 0 Å². The van der Waals surface area contributed by atoms with Crippen molar-refractivity contribution in [2.45, 2.75) is 20.3 Å². The molecule has 21 heavy (non-hydrogen) atoms. The predicted octanol–water partition coefficient (Wildman–Crippen LogP) is 1.67. The number of carbonyl (C=O) groups is 1. The Morgan fingerprint density at radius 1 is 1.33 bits per heavy atom. The van der Waals surface area contributed by atoms with Crippen LogP contribution in [0.2, 0.25) is 0 Å². The molecule has 0 unspecified atom stereocenters. The fraction of sp³-hybridized carbons (Fsp3) is 0.375. The summed E-state index contributed by atoms with van der Waals surface area (Å²) in [6.07, 6.45) is 2.03. The smallest absolute Gasteiger partial charge is 0.256 e. The number of aromatic amines is 1. The van der Waals surface area contributed by atoms with Crippen LogP contribution in [0.5, 0.6) is 0 Å². The largest absolute Gasteiger partial charge is 0.396 e. The number of hydrogen-bond donors (Lipinski definition) is 3. The SMILES string of the molecule is CC(C)(CCO)CNC(=O)c1c[nH]c2ccccc2c1=O. The number of aliphatic hydroxyl groups excluding tert-OH is 1. The normalized spacial score (nSPS) is 11.6. The van der Waals surface area contributed by atoms with Gasteiger partial charge in [-0.1, -0.05) is 26.0 Å². The van der Waals surface area contributed by atoms with Gasteiger partial charge >= 0.3 is 0 Å². The monoisotopic (exact) mass is 288 g/mol. The van der Waals surface area contributed by atoms with Crippen molar-refractivity contribution in [3.05, 3.63) is 46.2 Å². The molecule has 0 spiro atoms. The van der Waals surface area contributed by atoms with Crippen molar-refractivity contribution >= 4 is 16.8 Å². The lowest BCUT2D eigenvalue weighted by atomic mass is 9.89. The Bertz CT molecular complexity index is 704. The van der Waals surface area contributed by atoms with Crippen LogP contribution in [-0.2, 0) is 0 Å². The first-order chi connectivity index (χ1) is 9.94. The third kappa shape index (κ3) is 3.49. The average Bonchev–Trinajstić information content (AvgIpc) is 2.45. The Morgan fingerprint density at radius 2 is 2.05 bits per heavy atom. The first-order valence-electron chi connectivity index (χ1n) is 6.94. The van der Waals surface area contributed by atoms with Crippen LogP contribution >= 0.6 is 0 Å². The maximum Gasteiger partial charge on any atom is 0.256 e. The van der Waals surface area contributed by atoms with Gasteiger partial charge in [-0.05, 0) is 24.0 Å². The van der Waals surface area contributed by atoms with Crippen LogP contribution in [0, 0.1) is 5.41 Å². The molecule has 0 aliphatic heterocycles. The Labute approximate surface area is 123 Å². The molecule has 0 saturated carbocycles. The molecule has 0 fully saturated rings. The molecule has 0 aliphatic rings. The maximum absolute atomic E-state index is 12.3. The molecule has 2 rings (SSSR count). The summed E-state index contributed by atoms with van der Waals surface area (Å²) in [5.41, 5.74) is 0.323. The molecule has 1 heterocycles. The van der Waals surface area contributed by atoms with Crippen molar-refractivity contribution in [2.75, 3.05) is 13.2 Å². The van der Waals surface area contributed by atoms with E-state index in [0.717, 1.165) is 0 Å². The van der Waals surface area contributed by atoms with Gasteiger partial charge < -0.3 is 15.4 Å². The highest BCUT2D eigenvalue weighted by Crippen LogP contribution is 2.18. The van der Waals surface area contributed by atoms with Crippen molar-refractivity contribution in [2.24, 2.45) is 5.41 Å². The number of benzene rings is 1. The van der Waals surface area contributed by atoms with Crippen molar-refractivity contribution in [3.63, 3.8) is 0 Å². The summed E-state index contributed by atoms with van der Waals surface area (Å²) in [7, 11) is 0. The van der Waals surface area contributed by atoms with Crippen LogP contribution < -0.4 is 10.7 Å². The Balaban J connectivity index is 2.21. The second kappa shape index (κ2) is 6.10. The molecule has 1 aromatic carbocycles. The van der Waals surface area contributed by atoms with E-state index in [1.807, 2.05) is 19.9 Å². The molecule has 3 N–H and O–H groups in total. The Kier molecular flexibility index (Phi) is 4.43. The topological polar surface area (TPSA) is 82.2 Å². The van der Waals surface area contributed by atoms with Gasteiger partial charge in [-0.25, -0.2) is 0 Å². The van der Waals surface area contributed by atoms with Crippen LogP contribution in [0.15, 0.2) is 35.3 Å². The van der Waals surface area contributed by atoms with E-state index >= 15 is 0 Å². The van der Waals surface area contributed by atoms with E-state index in [9.17, 15) is 9.59 Å². The molecular weight excluding hydrogens is 268 g/mol. The Morgan fingerprint density at radius 3 is 2.76 bits per heavy atom. The summed E-state index contributed by atoms with van der Waals surface area (Å²) < 4.78 is 0. The zero-order valence-corrected chi connectivity index (χ0v) is 12.3. The molecule has 0 saturated heterocycles. The van der Waals surface area contributed by atoms with Crippen LogP contribution in [0.3, 0.4) is 0 Å². The van der Waals surface area contributed by atoms with Gasteiger partial charge in [0, 0.05) is 30.3 Å². The van der Waals surface area contributed by atoms with E-state index < -0.39 is 5.91 Å². The van der Waals surface area contributed by atoms with E-state index in [4.69, 9.17) is 5.11 Å². The van der Waals surface area contributed by atoms with Gasteiger partial charge in [0.2, 0.25) is 5.43 Å². The van der Waals surface area contributed by atoms with E-state index in [0.29, 0.717) is 23.9 Å². The number of aromatic nitrogens is 1. The second-order valence-corrected chi connectivity index (χ2v) is 5.90. The summed E-state index contributed by atoms with van der Waals surface area (Å²) >= 11 is 0. The van der Waals surface area contributed by atoms with Crippen molar-refractivity contribution in [1.82, 2.24) is 10.3 Å². The molecule has 5 heteroatoms. The van der Waals surface area contributed by atoms with Crippen LogP contribution in [0.4, 0.5) is 0 Å². The molecule has 0 bridgehead atoms. The fourth-order valence-electron chi connectivity index (χ4n) is 2.14. The Hall–Kier alpha value is -2.14. The maximum atomic E-state index is 12.3. The van der Waals surface area contributed by atoms with E-state index in [1.54, 1.807) is 18.2 Å². The summed E-state index contributed by atoms with van der Waals surface area (Å²) in [6, 6.07) is 7.09. The molecule has 0 atom stereocenters. The number of H-pyrrole nitrogens is 1. The van der Waals surface area contributed by atoms with Gasteiger partial charge in [0.05, 0.1) is 0 Å². The molecule has 0 aliphatic carbocycles. The van der Waals surface area contributed by atoms with Gasteiger partial charge in [0.15, 0.2) is 0 Å². The molecule has 5 nitrogen and oxygen atoms in total. The lowest BCUT2D eigenvalue weighted by molar-refractivity contribution is 0.0927. The van der Waals surface area contributed by atoms with Crippen LogP contribution in [0.1, 0.15) is 30.6 Å². The minimum atomic E-state index is -0.395. The molecule has 112 valence electrons. The molecular formula is C16H20N2O3. The molecule has 1 aromatic heterocycles. The number of amides is 1. The van der Waals surface area contributed by atoms with Gasteiger partial charge in [-0.15, -0.1) is 0 Å². The fourth-order valence-corrected chi connectivity index (χ4v) is 2.14. The lowest BCUT2D eigenvalue weighted by Crippen LogP contribution is -2.36. The van der Waals surface area contributed by atoms with E-state index in [2.05, 4.69) is 10.3 Å². The summed E-state index contributed by atoms with van der Waals surface area (Å²) in [4.78, 5) is 27.4. The highest BCUT2D eigenvalue weighted by Gasteiger charge is 2.20. The first-order valence-corrected chi connectivity index (χ1v) is 6.94. The summed E-state index contributed by atoms with van der Waals surface area (Å²) in [6.45, 7) is 4.38. The summed E-state index contributed by atoms with van der Waals surface area (Å²) in [5.74, 6) is -0.395. The van der Waals surface area contributed by atoms with E-state index in [-0.39, 0.29) is 23.0 Å². The highest BCUT2D eigenvalue weighted by atomic mass is 16.3. The average molecular weight is 288 g/mol. The van der Waals surface area contributed by atoms with Crippen molar-refractivity contribution in [3.8, 4) is 0 Å². The van der Waals surface area contributed by atoms with Gasteiger partial charge in [-0.2, -0.15) is 0 Å². The quantitative estimate of drug-likeness (QED) is 0.782. The first kappa shape index (κ1) is 15.3. The molecule has 2 aromatic rings. The van der Waals surface area contributed by atoms with Gasteiger partial charge in [-0.3, -0.25) is 9.59 Å². The van der Waals surface area contributed by atoms with Crippen LogP contribution in [0.25, 0.3) is 10.9 Å². The number of pyridine rings is 1. The van der Waals surface area contributed by atoms with Crippen LogP contribution in [-0.4, -0.2) is 29.1 Å². The highest BCUT2D eigenvalue weighted by molar-refractivity contribution is 5.97. The number of aliphatic hydroxyl groups is 1.